The highest BCUT2D eigenvalue weighted by atomic mass is 15.1. The molecule has 96 valence electrons. The Kier molecular flexibility index (Phi) is 5.01. The van der Waals surface area contributed by atoms with Gasteiger partial charge < -0.3 is 10.6 Å². The van der Waals surface area contributed by atoms with Crippen LogP contribution in [0.25, 0.3) is 0 Å². The van der Waals surface area contributed by atoms with Crippen molar-refractivity contribution in [1.29, 1.82) is 0 Å². The maximum Gasteiger partial charge on any atom is 0.0399 e. The van der Waals surface area contributed by atoms with Gasteiger partial charge in [-0.25, -0.2) is 0 Å². The number of nitrogens with two attached hydrogens (primary N) is 1. The van der Waals surface area contributed by atoms with Gasteiger partial charge in [0.05, 0.1) is 0 Å². The Hall–Kier alpha value is -1.02. The van der Waals surface area contributed by atoms with Crippen LogP contribution in [0, 0.1) is 6.92 Å². The lowest BCUT2D eigenvalue weighted by molar-refractivity contribution is 0.656. The minimum atomic E-state index is 0.209. The fourth-order valence-electron chi connectivity index (χ4n) is 2.08. The summed E-state index contributed by atoms with van der Waals surface area (Å²) in [5, 5.41) is 0. The maximum atomic E-state index is 5.93. The van der Waals surface area contributed by atoms with Crippen molar-refractivity contribution < 1.29 is 0 Å². The molecule has 2 N–H and O–H groups in total. The van der Waals surface area contributed by atoms with Crippen LogP contribution in [0.2, 0.25) is 0 Å². The summed E-state index contributed by atoms with van der Waals surface area (Å²) in [7, 11) is 2.17. The molecule has 0 spiro atoms. The van der Waals surface area contributed by atoms with E-state index in [1.165, 1.54) is 16.8 Å². The predicted octanol–water partition coefficient (Wildman–Crippen LogP) is 3.12. The van der Waals surface area contributed by atoms with E-state index in [4.69, 9.17) is 5.73 Å². The van der Waals surface area contributed by atoms with Gasteiger partial charge in [0.25, 0.3) is 0 Å². The van der Waals surface area contributed by atoms with Crippen LogP contribution in [0.3, 0.4) is 0 Å². The van der Waals surface area contributed by atoms with E-state index in [-0.39, 0.29) is 6.04 Å². The van der Waals surface area contributed by atoms with Crippen LogP contribution in [0.5, 0.6) is 0 Å². The minimum absolute atomic E-state index is 0.209. The van der Waals surface area contributed by atoms with Crippen LogP contribution >= 0.6 is 0 Å². The van der Waals surface area contributed by atoms with E-state index in [1.807, 2.05) is 0 Å². The van der Waals surface area contributed by atoms with Gasteiger partial charge in [-0.05, 0) is 45.2 Å². The summed E-state index contributed by atoms with van der Waals surface area (Å²) in [6.07, 6.45) is 2.10. The van der Waals surface area contributed by atoms with Gasteiger partial charge in [-0.1, -0.05) is 24.6 Å². The van der Waals surface area contributed by atoms with Crippen molar-refractivity contribution >= 4 is 5.69 Å². The van der Waals surface area contributed by atoms with E-state index in [0.717, 1.165) is 12.8 Å². The number of rotatable bonds is 5. The zero-order valence-corrected chi connectivity index (χ0v) is 11.8. The fourth-order valence-corrected chi connectivity index (χ4v) is 2.08. The smallest absolute Gasteiger partial charge is 0.0399 e. The lowest BCUT2D eigenvalue weighted by atomic mass is 10.0. The molecule has 0 aliphatic heterocycles. The number of nitrogens with zero attached hydrogens (tertiary/aromatic N) is 1. The summed E-state index contributed by atoms with van der Waals surface area (Å²) < 4.78 is 0. The summed E-state index contributed by atoms with van der Waals surface area (Å²) in [4.78, 5) is 2.36. The van der Waals surface area contributed by atoms with Crippen LogP contribution in [0.4, 0.5) is 5.69 Å². The number of benzene rings is 1. The van der Waals surface area contributed by atoms with Gasteiger partial charge in [-0.15, -0.1) is 0 Å². The predicted molar refractivity (Wildman–Crippen MR) is 76.7 cm³/mol. The zero-order valence-electron chi connectivity index (χ0n) is 11.8. The largest absolute Gasteiger partial charge is 0.372 e. The highest BCUT2D eigenvalue weighted by Gasteiger charge is 2.13. The second kappa shape index (κ2) is 6.06. The number of hydrogen-bond donors (Lipinski definition) is 1. The molecule has 2 nitrogen and oxygen atoms in total. The van der Waals surface area contributed by atoms with Crippen LogP contribution in [0.15, 0.2) is 18.2 Å². The van der Waals surface area contributed by atoms with Gasteiger partial charge in [-0.2, -0.15) is 0 Å². The Bertz CT molecular complexity index is 358. The molecule has 1 rings (SSSR count). The topological polar surface area (TPSA) is 29.3 Å². The molecule has 0 saturated heterocycles. The first kappa shape index (κ1) is 14.0. The number of anilines is 1. The Balaban J connectivity index is 3.04. The van der Waals surface area contributed by atoms with Crippen molar-refractivity contribution in [2.24, 2.45) is 5.73 Å². The molecular weight excluding hydrogens is 208 g/mol. The third-order valence-electron chi connectivity index (χ3n) is 3.41. The van der Waals surface area contributed by atoms with E-state index in [2.05, 4.69) is 57.8 Å². The summed E-state index contributed by atoms with van der Waals surface area (Å²) in [5.74, 6) is 0. The van der Waals surface area contributed by atoms with E-state index in [0.29, 0.717) is 6.04 Å². The van der Waals surface area contributed by atoms with Gasteiger partial charge in [0.15, 0.2) is 0 Å². The lowest BCUT2D eigenvalue weighted by Gasteiger charge is -2.29. The monoisotopic (exact) mass is 234 g/mol. The highest BCUT2D eigenvalue weighted by molar-refractivity contribution is 5.55. The third-order valence-corrected chi connectivity index (χ3v) is 3.41. The average Bonchev–Trinajstić information content (AvgIpc) is 2.26. The molecule has 0 aliphatic rings. The molecular formula is C15H26N2. The van der Waals surface area contributed by atoms with Crippen molar-refractivity contribution in [1.82, 2.24) is 0 Å². The molecule has 2 heteroatoms. The molecule has 0 radical (unpaired) electrons. The molecule has 0 heterocycles. The van der Waals surface area contributed by atoms with E-state index >= 15 is 0 Å². The normalized spacial score (nSPS) is 14.5. The molecule has 2 atom stereocenters. The number of aryl methyl sites for hydroxylation is 1. The van der Waals surface area contributed by atoms with E-state index < -0.39 is 0 Å². The minimum Gasteiger partial charge on any atom is -0.372 e. The molecule has 0 aliphatic carbocycles. The van der Waals surface area contributed by atoms with Crippen molar-refractivity contribution in [3.8, 4) is 0 Å². The molecule has 0 saturated carbocycles. The lowest BCUT2D eigenvalue weighted by Crippen LogP contribution is -2.30. The first-order valence-electron chi connectivity index (χ1n) is 6.53. The second-order valence-electron chi connectivity index (χ2n) is 5.18. The quantitative estimate of drug-likeness (QED) is 0.848. The molecule has 17 heavy (non-hydrogen) atoms. The van der Waals surface area contributed by atoms with Crippen molar-refractivity contribution in [3.05, 3.63) is 29.3 Å². The Morgan fingerprint density at radius 1 is 1.29 bits per heavy atom. The molecule has 0 amide bonds. The van der Waals surface area contributed by atoms with Crippen LogP contribution < -0.4 is 10.6 Å². The molecule has 0 aromatic heterocycles. The van der Waals surface area contributed by atoms with Gasteiger partial charge >= 0.3 is 0 Å². The SMILES string of the molecule is CCC(C)N(C)c1ccc(C)cc1CC(C)N. The standard InChI is InChI=1S/C15H26N2/c1-6-13(4)17(5)15-8-7-11(2)9-14(15)10-12(3)16/h7-9,12-13H,6,10,16H2,1-5H3. The number of hydrogen-bond acceptors (Lipinski definition) is 2. The molecule has 1 aromatic carbocycles. The molecule has 0 fully saturated rings. The Morgan fingerprint density at radius 3 is 2.47 bits per heavy atom. The summed E-state index contributed by atoms with van der Waals surface area (Å²) >= 11 is 0. The van der Waals surface area contributed by atoms with Crippen molar-refractivity contribution in [2.75, 3.05) is 11.9 Å². The summed E-state index contributed by atoms with van der Waals surface area (Å²) in [5.41, 5.74) is 9.93. The van der Waals surface area contributed by atoms with Gasteiger partial charge in [0, 0.05) is 24.8 Å². The maximum absolute atomic E-state index is 5.93. The second-order valence-corrected chi connectivity index (χ2v) is 5.18. The van der Waals surface area contributed by atoms with Crippen molar-refractivity contribution in [2.45, 2.75) is 52.6 Å². The fraction of sp³-hybridized carbons (Fsp3) is 0.600. The van der Waals surface area contributed by atoms with Gasteiger partial charge in [0.1, 0.15) is 0 Å². The average molecular weight is 234 g/mol. The van der Waals surface area contributed by atoms with E-state index in [1.54, 1.807) is 0 Å². The highest BCUT2D eigenvalue weighted by Crippen LogP contribution is 2.24. The van der Waals surface area contributed by atoms with E-state index in [9.17, 15) is 0 Å². The zero-order chi connectivity index (χ0) is 13.0. The van der Waals surface area contributed by atoms with Crippen LogP contribution in [-0.4, -0.2) is 19.1 Å². The molecule has 2 unspecified atom stereocenters. The van der Waals surface area contributed by atoms with Crippen LogP contribution in [0.1, 0.15) is 38.3 Å². The summed E-state index contributed by atoms with van der Waals surface area (Å²) in [6.45, 7) is 8.68. The third kappa shape index (κ3) is 3.74. The Labute approximate surface area is 106 Å². The van der Waals surface area contributed by atoms with Crippen molar-refractivity contribution in [3.63, 3.8) is 0 Å². The first-order chi connectivity index (χ1) is 7.95. The molecule has 1 aromatic rings. The Morgan fingerprint density at radius 2 is 1.94 bits per heavy atom. The van der Waals surface area contributed by atoms with Gasteiger partial charge in [-0.3, -0.25) is 0 Å². The van der Waals surface area contributed by atoms with Gasteiger partial charge in [0.2, 0.25) is 0 Å². The first-order valence-corrected chi connectivity index (χ1v) is 6.53. The van der Waals surface area contributed by atoms with Crippen LogP contribution in [-0.2, 0) is 6.42 Å². The summed E-state index contributed by atoms with van der Waals surface area (Å²) in [6, 6.07) is 7.43. The molecule has 0 bridgehead atoms.